The molecule has 1 aromatic carbocycles. The number of methoxy groups -OCH3 is 1. The fourth-order valence-corrected chi connectivity index (χ4v) is 2.87. The number of rotatable bonds is 9. The minimum absolute atomic E-state index is 0.0104. The van der Waals surface area contributed by atoms with Gasteiger partial charge >= 0.3 is 0 Å². The summed E-state index contributed by atoms with van der Waals surface area (Å²) in [6.07, 6.45) is 0. The van der Waals surface area contributed by atoms with E-state index in [1.54, 1.807) is 7.11 Å². The van der Waals surface area contributed by atoms with E-state index < -0.39 is 0 Å². The Bertz CT molecular complexity index is 643. The number of carbonyl (C=O) groups excluding carboxylic acids is 1. The van der Waals surface area contributed by atoms with Gasteiger partial charge in [0.25, 0.3) is 0 Å². The third kappa shape index (κ3) is 5.35. The zero-order chi connectivity index (χ0) is 17.4. The van der Waals surface area contributed by atoms with Gasteiger partial charge in [-0.25, -0.2) is 0 Å². The van der Waals surface area contributed by atoms with Gasteiger partial charge in [-0.2, -0.15) is 0 Å². The van der Waals surface area contributed by atoms with Crippen molar-refractivity contribution in [2.45, 2.75) is 25.5 Å². The predicted octanol–water partition coefficient (Wildman–Crippen LogP) is 2.46. The third-order valence-corrected chi connectivity index (χ3v) is 4.27. The summed E-state index contributed by atoms with van der Waals surface area (Å²) in [5.41, 5.74) is 0.997. The van der Waals surface area contributed by atoms with Gasteiger partial charge in [-0.05, 0) is 5.92 Å². The van der Waals surface area contributed by atoms with Crippen molar-refractivity contribution >= 4 is 17.7 Å². The summed E-state index contributed by atoms with van der Waals surface area (Å²) < 4.78 is 7.19. The number of aromatic nitrogens is 3. The van der Waals surface area contributed by atoms with E-state index in [2.05, 4.69) is 29.4 Å². The van der Waals surface area contributed by atoms with E-state index in [4.69, 9.17) is 4.74 Å². The average Bonchev–Trinajstić information content (AvgIpc) is 2.99. The second-order valence-electron chi connectivity index (χ2n) is 5.80. The second-order valence-corrected chi connectivity index (χ2v) is 6.75. The van der Waals surface area contributed by atoms with Gasteiger partial charge in [-0.1, -0.05) is 55.9 Å². The maximum atomic E-state index is 11.9. The van der Waals surface area contributed by atoms with Crippen molar-refractivity contribution in [3.8, 4) is 11.4 Å². The quantitative estimate of drug-likeness (QED) is 0.705. The molecule has 1 N–H and O–H groups in total. The van der Waals surface area contributed by atoms with Crippen LogP contribution in [0.5, 0.6) is 0 Å². The largest absolute Gasteiger partial charge is 0.383 e. The molecule has 6 nitrogen and oxygen atoms in total. The molecule has 0 saturated heterocycles. The molecule has 0 atom stereocenters. The molecule has 0 aliphatic heterocycles. The fourth-order valence-electron chi connectivity index (χ4n) is 2.08. The summed E-state index contributed by atoms with van der Waals surface area (Å²) in [6.45, 7) is 6.03. The number of nitrogens with one attached hydrogen (secondary N) is 1. The predicted molar refractivity (Wildman–Crippen MR) is 95.9 cm³/mol. The van der Waals surface area contributed by atoms with Crippen LogP contribution in [0.3, 0.4) is 0 Å². The van der Waals surface area contributed by atoms with Crippen LogP contribution in [0.25, 0.3) is 11.4 Å². The highest BCUT2D eigenvalue weighted by Gasteiger charge is 2.15. The molecule has 0 fully saturated rings. The lowest BCUT2D eigenvalue weighted by molar-refractivity contribution is -0.118. The van der Waals surface area contributed by atoms with Gasteiger partial charge in [0.1, 0.15) is 0 Å². The minimum atomic E-state index is 0.0104. The van der Waals surface area contributed by atoms with Gasteiger partial charge in [0.15, 0.2) is 11.0 Å². The molecule has 0 radical (unpaired) electrons. The van der Waals surface area contributed by atoms with Crippen molar-refractivity contribution in [3.05, 3.63) is 30.3 Å². The first-order valence-electron chi connectivity index (χ1n) is 7.99. The Morgan fingerprint density at radius 3 is 2.71 bits per heavy atom. The Kier molecular flexibility index (Phi) is 7.27. The van der Waals surface area contributed by atoms with Crippen LogP contribution in [0.1, 0.15) is 13.8 Å². The summed E-state index contributed by atoms with van der Waals surface area (Å²) in [5, 5.41) is 12.2. The highest BCUT2D eigenvalue weighted by molar-refractivity contribution is 7.99. The van der Waals surface area contributed by atoms with Crippen molar-refractivity contribution in [2.24, 2.45) is 5.92 Å². The summed E-state index contributed by atoms with van der Waals surface area (Å²) in [5.74, 6) is 1.56. The number of hydrogen-bond acceptors (Lipinski definition) is 5. The number of hydrogen-bond donors (Lipinski definition) is 1. The molecule has 0 aliphatic rings. The monoisotopic (exact) mass is 348 g/mol. The molecule has 0 aliphatic carbocycles. The first-order chi connectivity index (χ1) is 11.6. The number of amides is 1. The number of thioether (sulfide) groups is 1. The van der Waals surface area contributed by atoms with Gasteiger partial charge in [0.05, 0.1) is 18.9 Å². The molecule has 0 saturated carbocycles. The summed E-state index contributed by atoms with van der Waals surface area (Å²) in [6, 6.07) is 9.90. The van der Waals surface area contributed by atoms with Crippen LogP contribution in [0, 0.1) is 5.92 Å². The average molecular weight is 348 g/mol. The van der Waals surface area contributed by atoms with Gasteiger partial charge in [0, 0.05) is 19.2 Å². The Labute approximate surface area is 147 Å². The number of benzene rings is 1. The molecule has 1 aromatic heterocycles. The van der Waals surface area contributed by atoms with Crippen LogP contribution < -0.4 is 5.32 Å². The lowest BCUT2D eigenvalue weighted by Gasteiger charge is -2.10. The number of carbonyl (C=O) groups is 1. The van der Waals surface area contributed by atoms with Crippen molar-refractivity contribution in [2.75, 3.05) is 26.0 Å². The smallest absolute Gasteiger partial charge is 0.230 e. The third-order valence-electron chi connectivity index (χ3n) is 3.31. The van der Waals surface area contributed by atoms with Crippen molar-refractivity contribution in [1.29, 1.82) is 0 Å². The van der Waals surface area contributed by atoms with Crippen LogP contribution in [0.4, 0.5) is 0 Å². The Morgan fingerprint density at radius 2 is 2.04 bits per heavy atom. The van der Waals surface area contributed by atoms with E-state index >= 15 is 0 Å². The molecule has 130 valence electrons. The van der Waals surface area contributed by atoms with E-state index in [1.165, 1.54) is 11.8 Å². The van der Waals surface area contributed by atoms with E-state index in [0.717, 1.165) is 16.5 Å². The summed E-state index contributed by atoms with van der Waals surface area (Å²) in [7, 11) is 1.67. The minimum Gasteiger partial charge on any atom is -0.383 e. The Hall–Kier alpha value is -1.86. The molecule has 1 heterocycles. The summed E-state index contributed by atoms with van der Waals surface area (Å²) in [4.78, 5) is 11.9. The molecule has 2 aromatic rings. The first-order valence-corrected chi connectivity index (χ1v) is 8.97. The fraction of sp³-hybridized carbons (Fsp3) is 0.471. The molecular formula is C17H24N4O2S. The van der Waals surface area contributed by atoms with Gasteiger partial charge in [-0.3, -0.25) is 9.36 Å². The maximum absolute atomic E-state index is 11.9. The molecule has 0 spiro atoms. The standard InChI is InChI=1S/C17H24N4O2S/c1-13(2)11-18-15(22)12-24-17-20-19-16(21(17)9-10-23-3)14-7-5-4-6-8-14/h4-8,13H,9-12H2,1-3H3,(H,18,22). The van der Waals surface area contributed by atoms with E-state index in [1.807, 2.05) is 34.9 Å². The molecule has 0 unspecified atom stereocenters. The first kappa shape index (κ1) is 18.5. The normalized spacial score (nSPS) is 11.0. The molecule has 0 bridgehead atoms. The van der Waals surface area contributed by atoms with Gasteiger partial charge < -0.3 is 10.1 Å². The second kappa shape index (κ2) is 9.44. The van der Waals surface area contributed by atoms with Crippen LogP contribution in [-0.4, -0.2) is 46.7 Å². The number of nitrogens with zero attached hydrogens (tertiary/aromatic N) is 3. The lowest BCUT2D eigenvalue weighted by Crippen LogP contribution is -2.28. The number of ether oxygens (including phenoxy) is 1. The lowest BCUT2D eigenvalue weighted by atomic mass is 10.2. The highest BCUT2D eigenvalue weighted by Crippen LogP contribution is 2.23. The topological polar surface area (TPSA) is 69.0 Å². The summed E-state index contributed by atoms with van der Waals surface area (Å²) >= 11 is 1.39. The Morgan fingerprint density at radius 1 is 1.29 bits per heavy atom. The van der Waals surface area contributed by atoms with Crippen LogP contribution in [0.2, 0.25) is 0 Å². The molecular weight excluding hydrogens is 324 g/mol. The molecule has 2 rings (SSSR count). The zero-order valence-corrected chi connectivity index (χ0v) is 15.2. The van der Waals surface area contributed by atoms with E-state index in [9.17, 15) is 4.79 Å². The van der Waals surface area contributed by atoms with Crippen LogP contribution in [-0.2, 0) is 16.1 Å². The molecule has 7 heteroatoms. The van der Waals surface area contributed by atoms with Crippen LogP contribution >= 0.6 is 11.8 Å². The molecule has 1 amide bonds. The van der Waals surface area contributed by atoms with Crippen LogP contribution in [0.15, 0.2) is 35.5 Å². The SMILES string of the molecule is COCCn1c(SCC(=O)NCC(C)C)nnc1-c1ccccc1. The highest BCUT2D eigenvalue weighted by atomic mass is 32.2. The van der Waals surface area contributed by atoms with E-state index in [-0.39, 0.29) is 5.91 Å². The van der Waals surface area contributed by atoms with Gasteiger partial charge in [0.2, 0.25) is 5.91 Å². The van der Waals surface area contributed by atoms with E-state index in [0.29, 0.717) is 31.4 Å². The zero-order valence-electron chi connectivity index (χ0n) is 14.4. The van der Waals surface area contributed by atoms with Gasteiger partial charge in [-0.15, -0.1) is 10.2 Å². The van der Waals surface area contributed by atoms with Crippen molar-refractivity contribution in [1.82, 2.24) is 20.1 Å². The maximum Gasteiger partial charge on any atom is 0.230 e. The van der Waals surface area contributed by atoms with Crippen molar-refractivity contribution in [3.63, 3.8) is 0 Å². The molecule has 24 heavy (non-hydrogen) atoms. The Balaban J connectivity index is 2.09. The van der Waals surface area contributed by atoms with Crippen molar-refractivity contribution < 1.29 is 9.53 Å².